The van der Waals surface area contributed by atoms with Crippen LogP contribution in [0, 0.1) is 11.2 Å². The van der Waals surface area contributed by atoms with Crippen LogP contribution in [0.4, 0.5) is 4.39 Å². The molecule has 0 aliphatic carbocycles. The number of rotatable bonds is 3. The minimum absolute atomic E-state index is 0.0661. The number of ketones is 1. The number of halogens is 1. The van der Waals surface area contributed by atoms with Crippen LogP contribution < -0.4 is 5.73 Å². The Balaban J connectivity index is 2.05. The van der Waals surface area contributed by atoms with Gasteiger partial charge in [-0.1, -0.05) is 0 Å². The molecule has 21 heavy (non-hydrogen) atoms. The van der Waals surface area contributed by atoms with Gasteiger partial charge in [0.15, 0.2) is 5.78 Å². The second-order valence-electron chi connectivity index (χ2n) is 4.72. The lowest BCUT2D eigenvalue weighted by Crippen LogP contribution is -2.14. The fourth-order valence-electron chi connectivity index (χ4n) is 2.23. The van der Waals surface area contributed by atoms with E-state index in [1.807, 2.05) is 12.1 Å². The normalized spacial score (nSPS) is 10.7. The van der Waals surface area contributed by atoms with E-state index < -0.39 is 11.7 Å². The largest absolute Gasteiger partial charge is 0.384 e. The SMILES string of the molecule is N=C(N)c1cc(C(=O)c2ccc3[nH]ccc3c2)ccc1F. The molecule has 0 fully saturated rings. The first-order valence-electron chi connectivity index (χ1n) is 6.32. The maximum absolute atomic E-state index is 13.5. The molecule has 4 nitrogen and oxygen atoms in total. The molecule has 0 saturated heterocycles. The molecule has 2 aromatic carbocycles. The minimum Gasteiger partial charge on any atom is -0.384 e. The first-order valence-corrected chi connectivity index (χ1v) is 6.32. The Morgan fingerprint density at radius 2 is 1.81 bits per heavy atom. The van der Waals surface area contributed by atoms with Crippen molar-refractivity contribution in [2.24, 2.45) is 5.73 Å². The van der Waals surface area contributed by atoms with E-state index in [4.69, 9.17) is 11.1 Å². The Morgan fingerprint density at radius 3 is 2.57 bits per heavy atom. The van der Waals surface area contributed by atoms with Crippen LogP contribution in [0.3, 0.4) is 0 Å². The summed E-state index contributed by atoms with van der Waals surface area (Å²) in [6.07, 6.45) is 1.80. The van der Waals surface area contributed by atoms with Crippen LogP contribution in [0.15, 0.2) is 48.7 Å². The second kappa shape index (κ2) is 4.86. The molecular formula is C16H12FN3O. The number of nitrogens with one attached hydrogen (secondary N) is 2. The average Bonchev–Trinajstić information content (AvgIpc) is 2.94. The van der Waals surface area contributed by atoms with Gasteiger partial charge in [0.05, 0.1) is 5.56 Å². The van der Waals surface area contributed by atoms with E-state index in [-0.39, 0.29) is 11.3 Å². The van der Waals surface area contributed by atoms with Crippen molar-refractivity contribution >= 4 is 22.5 Å². The average molecular weight is 281 g/mol. The summed E-state index contributed by atoms with van der Waals surface area (Å²) in [5, 5.41) is 8.25. The Kier molecular flexibility index (Phi) is 3.02. The van der Waals surface area contributed by atoms with Gasteiger partial charge >= 0.3 is 0 Å². The maximum Gasteiger partial charge on any atom is 0.193 e. The second-order valence-corrected chi connectivity index (χ2v) is 4.72. The predicted octanol–water partition coefficient (Wildman–Crippen LogP) is 2.82. The first-order chi connectivity index (χ1) is 10.1. The Bertz CT molecular complexity index is 867. The predicted molar refractivity (Wildman–Crippen MR) is 79.1 cm³/mol. The molecule has 0 atom stereocenters. The molecule has 0 aliphatic heterocycles. The van der Waals surface area contributed by atoms with Crippen LogP contribution in [0.5, 0.6) is 0 Å². The highest BCUT2D eigenvalue weighted by Crippen LogP contribution is 2.18. The number of fused-ring (bicyclic) bond motifs is 1. The number of benzene rings is 2. The molecule has 0 spiro atoms. The Labute approximate surface area is 119 Å². The summed E-state index contributed by atoms with van der Waals surface area (Å²) >= 11 is 0. The summed E-state index contributed by atoms with van der Waals surface area (Å²) in [7, 11) is 0. The van der Waals surface area contributed by atoms with E-state index >= 15 is 0 Å². The fourth-order valence-corrected chi connectivity index (χ4v) is 2.23. The molecule has 0 bridgehead atoms. The van der Waals surface area contributed by atoms with Crippen LogP contribution in [0.25, 0.3) is 10.9 Å². The molecule has 3 aromatic rings. The zero-order valence-electron chi connectivity index (χ0n) is 11.0. The van der Waals surface area contributed by atoms with E-state index in [1.165, 1.54) is 12.1 Å². The van der Waals surface area contributed by atoms with Crippen molar-refractivity contribution in [3.63, 3.8) is 0 Å². The monoisotopic (exact) mass is 281 g/mol. The number of aromatic nitrogens is 1. The van der Waals surface area contributed by atoms with Crippen LogP contribution in [-0.4, -0.2) is 16.6 Å². The minimum atomic E-state index is -0.611. The van der Waals surface area contributed by atoms with Gasteiger partial charge in [-0.3, -0.25) is 10.2 Å². The van der Waals surface area contributed by atoms with Crippen molar-refractivity contribution in [3.05, 3.63) is 71.2 Å². The number of nitrogens with two attached hydrogens (primary N) is 1. The molecule has 104 valence electrons. The molecule has 5 heteroatoms. The highest BCUT2D eigenvalue weighted by Gasteiger charge is 2.14. The van der Waals surface area contributed by atoms with Gasteiger partial charge in [0.1, 0.15) is 11.7 Å². The molecule has 1 aromatic heterocycles. The van der Waals surface area contributed by atoms with Crippen molar-refractivity contribution in [3.8, 4) is 0 Å². The third kappa shape index (κ3) is 2.29. The van der Waals surface area contributed by atoms with Crippen LogP contribution in [-0.2, 0) is 0 Å². The number of carbonyl (C=O) groups excluding carboxylic acids is 1. The number of nitrogen functional groups attached to an aromatic ring is 1. The molecular weight excluding hydrogens is 269 g/mol. The van der Waals surface area contributed by atoms with Gasteiger partial charge < -0.3 is 10.7 Å². The topological polar surface area (TPSA) is 82.7 Å². The fraction of sp³-hybridized carbons (Fsp3) is 0. The summed E-state index contributed by atoms with van der Waals surface area (Å²) in [6, 6.07) is 11.0. The van der Waals surface area contributed by atoms with E-state index in [2.05, 4.69) is 4.98 Å². The number of hydrogen-bond donors (Lipinski definition) is 3. The maximum atomic E-state index is 13.5. The van der Waals surface area contributed by atoms with Gasteiger partial charge in [-0.25, -0.2) is 4.39 Å². The standard InChI is InChI=1S/C16H12FN3O/c17-13-3-1-11(8-12(13)16(18)19)15(21)10-2-4-14-9(7-10)5-6-20-14/h1-8,20H,(H3,18,19). The lowest BCUT2D eigenvalue weighted by molar-refractivity contribution is 0.103. The number of amidine groups is 1. The lowest BCUT2D eigenvalue weighted by Gasteiger charge is -2.05. The summed E-state index contributed by atoms with van der Waals surface area (Å²) in [6.45, 7) is 0. The summed E-state index contributed by atoms with van der Waals surface area (Å²) in [5.74, 6) is -1.25. The van der Waals surface area contributed by atoms with Crippen molar-refractivity contribution < 1.29 is 9.18 Å². The van der Waals surface area contributed by atoms with Crippen molar-refractivity contribution in [1.82, 2.24) is 4.98 Å². The summed E-state index contributed by atoms with van der Waals surface area (Å²) < 4.78 is 13.5. The number of hydrogen-bond acceptors (Lipinski definition) is 2. The Hall–Kier alpha value is -2.95. The van der Waals surface area contributed by atoms with Gasteiger partial charge in [0.25, 0.3) is 0 Å². The molecule has 0 saturated carbocycles. The van der Waals surface area contributed by atoms with Crippen molar-refractivity contribution in [2.45, 2.75) is 0 Å². The molecule has 0 radical (unpaired) electrons. The molecule has 0 aliphatic rings. The lowest BCUT2D eigenvalue weighted by atomic mass is 10.00. The molecule has 0 amide bonds. The van der Waals surface area contributed by atoms with Crippen molar-refractivity contribution in [2.75, 3.05) is 0 Å². The van der Waals surface area contributed by atoms with E-state index in [0.717, 1.165) is 17.0 Å². The molecule has 0 unspecified atom stereocenters. The number of carbonyl (C=O) groups is 1. The highest BCUT2D eigenvalue weighted by atomic mass is 19.1. The number of aromatic amines is 1. The van der Waals surface area contributed by atoms with Gasteiger partial charge in [-0.15, -0.1) is 0 Å². The highest BCUT2D eigenvalue weighted by molar-refractivity contribution is 6.11. The van der Waals surface area contributed by atoms with Crippen LogP contribution in [0.1, 0.15) is 21.5 Å². The first kappa shape index (κ1) is 13.1. The van der Waals surface area contributed by atoms with Gasteiger partial charge in [-0.05, 0) is 42.5 Å². The quantitative estimate of drug-likeness (QED) is 0.392. The van der Waals surface area contributed by atoms with Gasteiger partial charge in [0, 0.05) is 28.2 Å². The summed E-state index contributed by atoms with van der Waals surface area (Å²) in [5.41, 5.74) is 6.99. The molecule has 4 N–H and O–H groups in total. The zero-order valence-corrected chi connectivity index (χ0v) is 11.0. The van der Waals surface area contributed by atoms with E-state index in [1.54, 1.807) is 18.3 Å². The smallest absolute Gasteiger partial charge is 0.193 e. The number of H-pyrrole nitrogens is 1. The third-order valence-corrected chi connectivity index (χ3v) is 3.33. The third-order valence-electron chi connectivity index (χ3n) is 3.33. The molecule has 3 rings (SSSR count). The Morgan fingerprint density at radius 1 is 1.10 bits per heavy atom. The van der Waals surface area contributed by atoms with Gasteiger partial charge in [0.2, 0.25) is 0 Å². The van der Waals surface area contributed by atoms with E-state index in [9.17, 15) is 9.18 Å². The van der Waals surface area contributed by atoms with Crippen molar-refractivity contribution in [1.29, 1.82) is 5.41 Å². The summed E-state index contributed by atoms with van der Waals surface area (Å²) in [4.78, 5) is 15.5. The van der Waals surface area contributed by atoms with E-state index in [0.29, 0.717) is 11.1 Å². The zero-order chi connectivity index (χ0) is 15.0. The van der Waals surface area contributed by atoms with Gasteiger partial charge in [-0.2, -0.15) is 0 Å². The van der Waals surface area contributed by atoms with Crippen LogP contribution >= 0.6 is 0 Å². The molecule has 1 heterocycles. The van der Waals surface area contributed by atoms with Crippen LogP contribution in [0.2, 0.25) is 0 Å².